The van der Waals surface area contributed by atoms with Gasteiger partial charge in [-0.2, -0.15) is 0 Å². The molecule has 0 unspecified atom stereocenters. The van der Waals surface area contributed by atoms with Crippen LogP contribution in [0.3, 0.4) is 0 Å². The van der Waals surface area contributed by atoms with E-state index in [9.17, 15) is 0 Å². The van der Waals surface area contributed by atoms with Crippen molar-refractivity contribution in [3.63, 3.8) is 0 Å². The van der Waals surface area contributed by atoms with E-state index in [1.165, 1.54) is 76.5 Å². The van der Waals surface area contributed by atoms with E-state index in [-0.39, 0.29) is 0 Å². The van der Waals surface area contributed by atoms with E-state index in [1.807, 2.05) is 0 Å². The summed E-state index contributed by atoms with van der Waals surface area (Å²) < 4.78 is 0. The molecule has 0 nitrogen and oxygen atoms in total. The monoisotopic (exact) mass is 506 g/mol. The van der Waals surface area contributed by atoms with Crippen molar-refractivity contribution in [3.8, 4) is 33.4 Å². The van der Waals surface area contributed by atoms with Crippen LogP contribution in [0.15, 0.2) is 158 Å². The zero-order chi connectivity index (χ0) is 26.5. The predicted octanol–water partition coefficient (Wildman–Crippen LogP) is 11.3. The van der Waals surface area contributed by atoms with E-state index >= 15 is 0 Å². The Kier molecular flexibility index (Phi) is 5.24. The van der Waals surface area contributed by atoms with Gasteiger partial charge in [-0.05, 0) is 101 Å². The Bertz CT molecular complexity index is 2190. The van der Waals surface area contributed by atoms with Crippen LogP contribution in [-0.4, -0.2) is 0 Å². The molecule has 8 aromatic carbocycles. The molecule has 0 aliphatic rings. The van der Waals surface area contributed by atoms with Gasteiger partial charge in [-0.1, -0.05) is 133 Å². The Hall–Kier alpha value is -5.20. The molecular weight excluding hydrogens is 480 g/mol. The fourth-order valence-electron chi connectivity index (χ4n) is 6.35. The quantitative estimate of drug-likeness (QED) is 0.209. The summed E-state index contributed by atoms with van der Waals surface area (Å²) in [4.78, 5) is 0. The van der Waals surface area contributed by atoms with E-state index in [0.717, 1.165) is 0 Å². The van der Waals surface area contributed by atoms with Crippen molar-refractivity contribution in [2.24, 2.45) is 0 Å². The van der Waals surface area contributed by atoms with Gasteiger partial charge in [0.15, 0.2) is 0 Å². The molecule has 0 atom stereocenters. The molecule has 0 radical (unpaired) electrons. The van der Waals surface area contributed by atoms with Gasteiger partial charge < -0.3 is 0 Å². The van der Waals surface area contributed by atoms with Crippen molar-refractivity contribution in [2.75, 3.05) is 0 Å². The molecule has 0 fully saturated rings. The number of rotatable bonds is 3. The zero-order valence-corrected chi connectivity index (χ0v) is 22.0. The molecule has 0 heterocycles. The molecule has 0 saturated heterocycles. The highest BCUT2D eigenvalue weighted by molar-refractivity contribution is 6.24. The zero-order valence-electron chi connectivity index (χ0n) is 22.0. The van der Waals surface area contributed by atoms with Crippen molar-refractivity contribution < 1.29 is 0 Å². The number of benzene rings is 8. The molecule has 0 saturated carbocycles. The Labute approximate surface area is 233 Å². The topological polar surface area (TPSA) is 0 Å². The molecule has 0 aromatic heterocycles. The van der Waals surface area contributed by atoms with Crippen molar-refractivity contribution in [2.45, 2.75) is 0 Å². The Balaban J connectivity index is 1.53. The second kappa shape index (κ2) is 9.22. The second-order valence-electron chi connectivity index (χ2n) is 10.5. The largest absolute Gasteiger partial charge is 0.0622 e. The van der Waals surface area contributed by atoms with Crippen LogP contribution >= 0.6 is 0 Å². The molecule has 186 valence electrons. The minimum atomic E-state index is 1.23. The molecule has 0 N–H and O–H groups in total. The predicted molar refractivity (Wildman–Crippen MR) is 173 cm³/mol. The third-order valence-electron chi connectivity index (χ3n) is 8.23. The Morgan fingerprint density at radius 2 is 0.625 bits per heavy atom. The fraction of sp³-hybridized carbons (Fsp3) is 0. The van der Waals surface area contributed by atoms with Crippen LogP contribution in [-0.2, 0) is 0 Å². The highest BCUT2D eigenvalue weighted by atomic mass is 14.2. The lowest BCUT2D eigenvalue weighted by Gasteiger charge is -2.18. The average Bonchev–Trinajstić information content (AvgIpc) is 3.04. The highest BCUT2D eigenvalue weighted by Gasteiger charge is 2.17. The van der Waals surface area contributed by atoms with Gasteiger partial charge >= 0.3 is 0 Å². The Morgan fingerprint density at radius 3 is 1.20 bits per heavy atom. The molecule has 0 aliphatic carbocycles. The van der Waals surface area contributed by atoms with Crippen molar-refractivity contribution in [1.82, 2.24) is 0 Å². The van der Waals surface area contributed by atoms with Crippen LogP contribution in [0.4, 0.5) is 0 Å². The SMILES string of the molecule is c1ccc(-c2cc3ccccc3cc2-c2cc3c4ccccc4c(-c4ccccc4)cc3c3ccccc23)cc1. The summed E-state index contributed by atoms with van der Waals surface area (Å²) in [7, 11) is 0. The summed E-state index contributed by atoms with van der Waals surface area (Å²) in [5, 5.41) is 10.2. The molecule has 0 aliphatic heterocycles. The van der Waals surface area contributed by atoms with Crippen molar-refractivity contribution in [1.29, 1.82) is 0 Å². The number of fused-ring (bicyclic) bond motifs is 6. The standard InChI is InChI=1S/C40H26/c1-3-13-27(14-4-1)35-23-29-17-7-8-18-30(29)24-37(35)39-26-40-32-20-10-9-19-31(32)36(28-15-5-2-6-16-28)25-38(40)33-21-11-12-22-34(33)39/h1-26H. The van der Waals surface area contributed by atoms with Gasteiger partial charge in [0, 0.05) is 0 Å². The number of hydrogen-bond acceptors (Lipinski definition) is 0. The maximum Gasteiger partial charge on any atom is -0.00923 e. The summed E-state index contributed by atoms with van der Waals surface area (Å²) in [6.45, 7) is 0. The molecule has 0 amide bonds. The minimum absolute atomic E-state index is 1.23. The lowest BCUT2D eigenvalue weighted by molar-refractivity contribution is 1.63. The van der Waals surface area contributed by atoms with E-state index in [1.54, 1.807) is 0 Å². The van der Waals surface area contributed by atoms with Crippen molar-refractivity contribution in [3.05, 3.63) is 158 Å². The summed E-state index contributed by atoms with van der Waals surface area (Å²) >= 11 is 0. The van der Waals surface area contributed by atoms with E-state index in [4.69, 9.17) is 0 Å². The normalized spacial score (nSPS) is 11.5. The van der Waals surface area contributed by atoms with Crippen LogP contribution in [0.25, 0.3) is 76.5 Å². The summed E-state index contributed by atoms with van der Waals surface area (Å²) in [6, 6.07) is 57.6. The molecular formula is C40H26. The molecule has 8 aromatic rings. The lowest BCUT2D eigenvalue weighted by Crippen LogP contribution is -1.91. The smallest absolute Gasteiger partial charge is 0.00923 e. The minimum Gasteiger partial charge on any atom is -0.0622 e. The average molecular weight is 507 g/mol. The first kappa shape index (κ1) is 22.8. The summed E-state index contributed by atoms with van der Waals surface area (Å²) in [5.74, 6) is 0. The maximum absolute atomic E-state index is 2.44. The van der Waals surface area contributed by atoms with E-state index < -0.39 is 0 Å². The van der Waals surface area contributed by atoms with Gasteiger partial charge in [0.2, 0.25) is 0 Å². The van der Waals surface area contributed by atoms with Gasteiger partial charge in [-0.15, -0.1) is 0 Å². The molecule has 8 rings (SSSR count). The van der Waals surface area contributed by atoms with Gasteiger partial charge in [0.1, 0.15) is 0 Å². The van der Waals surface area contributed by atoms with Crippen LogP contribution < -0.4 is 0 Å². The first-order valence-corrected chi connectivity index (χ1v) is 13.9. The molecule has 40 heavy (non-hydrogen) atoms. The number of hydrogen-bond donors (Lipinski definition) is 0. The third kappa shape index (κ3) is 3.61. The Morgan fingerprint density at radius 1 is 0.225 bits per heavy atom. The second-order valence-corrected chi connectivity index (χ2v) is 10.5. The maximum atomic E-state index is 2.44. The van der Waals surface area contributed by atoms with Gasteiger partial charge in [0.05, 0.1) is 0 Å². The third-order valence-corrected chi connectivity index (χ3v) is 8.23. The van der Waals surface area contributed by atoms with E-state index in [0.29, 0.717) is 0 Å². The van der Waals surface area contributed by atoms with Crippen molar-refractivity contribution >= 4 is 43.1 Å². The van der Waals surface area contributed by atoms with E-state index in [2.05, 4.69) is 158 Å². The van der Waals surface area contributed by atoms with Gasteiger partial charge in [-0.3, -0.25) is 0 Å². The lowest BCUT2D eigenvalue weighted by atomic mass is 9.85. The fourth-order valence-corrected chi connectivity index (χ4v) is 6.35. The van der Waals surface area contributed by atoms with Crippen LogP contribution in [0.5, 0.6) is 0 Å². The first-order chi connectivity index (χ1) is 19.8. The summed E-state index contributed by atoms with van der Waals surface area (Å²) in [6.07, 6.45) is 0. The van der Waals surface area contributed by atoms with Gasteiger partial charge in [0.25, 0.3) is 0 Å². The molecule has 0 bridgehead atoms. The summed E-state index contributed by atoms with van der Waals surface area (Å²) in [5.41, 5.74) is 7.54. The molecule has 0 heteroatoms. The highest BCUT2D eigenvalue weighted by Crippen LogP contribution is 2.44. The first-order valence-electron chi connectivity index (χ1n) is 13.9. The van der Waals surface area contributed by atoms with Crippen LogP contribution in [0, 0.1) is 0 Å². The molecule has 0 spiro atoms. The van der Waals surface area contributed by atoms with Gasteiger partial charge in [-0.25, -0.2) is 0 Å². The van der Waals surface area contributed by atoms with Crippen LogP contribution in [0.1, 0.15) is 0 Å². The van der Waals surface area contributed by atoms with Crippen LogP contribution in [0.2, 0.25) is 0 Å².